The van der Waals surface area contributed by atoms with Crippen molar-refractivity contribution in [2.24, 2.45) is 0 Å². The Kier molecular flexibility index (Phi) is 6.81. The van der Waals surface area contributed by atoms with Crippen LogP contribution in [-0.4, -0.2) is 26.9 Å². The normalized spacial score (nSPS) is 14.2. The largest absolute Gasteiger partial charge is 0.494 e. The van der Waals surface area contributed by atoms with Crippen LogP contribution in [0.1, 0.15) is 38.3 Å². The predicted molar refractivity (Wildman–Crippen MR) is 75.1 cm³/mol. The summed E-state index contributed by atoms with van der Waals surface area (Å²) in [5.74, 6) is -0.0499. The third kappa shape index (κ3) is 4.80. The molecular weight excluding hydrogens is 245 g/mol. The van der Waals surface area contributed by atoms with Crippen molar-refractivity contribution < 1.29 is 13.9 Å². The highest BCUT2D eigenvalue weighted by Gasteiger charge is 2.16. The number of nitrogens with one attached hydrogen (secondary N) is 1. The Balaban J connectivity index is 2.86. The summed E-state index contributed by atoms with van der Waals surface area (Å²) in [4.78, 5) is 0. The quantitative estimate of drug-likeness (QED) is 0.785. The Hall–Kier alpha value is -1.13. The fraction of sp³-hybridized carbons (Fsp3) is 0.600. The minimum Gasteiger partial charge on any atom is -0.494 e. The van der Waals surface area contributed by atoms with E-state index in [1.165, 1.54) is 13.2 Å². The van der Waals surface area contributed by atoms with Crippen LogP contribution < -0.4 is 10.1 Å². The number of benzene rings is 1. The summed E-state index contributed by atoms with van der Waals surface area (Å²) in [6.45, 7) is 5.02. The first-order valence-electron chi connectivity index (χ1n) is 6.72. The lowest BCUT2D eigenvalue weighted by atomic mass is 10.0. The van der Waals surface area contributed by atoms with E-state index < -0.39 is 0 Å². The van der Waals surface area contributed by atoms with E-state index in [0.717, 1.165) is 24.9 Å². The molecule has 3 nitrogen and oxygen atoms in total. The summed E-state index contributed by atoms with van der Waals surface area (Å²) < 4.78 is 24.0. The number of rotatable bonds is 8. The van der Waals surface area contributed by atoms with Crippen molar-refractivity contribution >= 4 is 0 Å². The van der Waals surface area contributed by atoms with Gasteiger partial charge < -0.3 is 14.8 Å². The van der Waals surface area contributed by atoms with Crippen LogP contribution in [0.4, 0.5) is 4.39 Å². The molecule has 0 aliphatic carbocycles. The third-order valence-electron chi connectivity index (χ3n) is 3.19. The van der Waals surface area contributed by atoms with Crippen molar-refractivity contribution in [3.63, 3.8) is 0 Å². The Bertz CT molecular complexity index is 384. The Morgan fingerprint density at radius 2 is 2.05 bits per heavy atom. The summed E-state index contributed by atoms with van der Waals surface area (Å²) in [6.07, 6.45) is 1.97. The maximum absolute atomic E-state index is 13.8. The molecule has 4 heteroatoms. The Morgan fingerprint density at radius 1 is 1.32 bits per heavy atom. The van der Waals surface area contributed by atoms with Crippen LogP contribution in [0.2, 0.25) is 0 Å². The molecule has 0 aliphatic rings. The Morgan fingerprint density at radius 3 is 2.58 bits per heavy atom. The number of methoxy groups -OCH3 is 2. The molecule has 0 amide bonds. The van der Waals surface area contributed by atoms with Gasteiger partial charge in [0.2, 0.25) is 0 Å². The van der Waals surface area contributed by atoms with E-state index >= 15 is 0 Å². The number of halogens is 1. The average molecular weight is 269 g/mol. The Labute approximate surface area is 115 Å². The number of ether oxygens (including phenoxy) is 2. The van der Waals surface area contributed by atoms with Crippen LogP contribution in [0, 0.1) is 5.82 Å². The van der Waals surface area contributed by atoms with E-state index in [0.29, 0.717) is 0 Å². The van der Waals surface area contributed by atoms with Gasteiger partial charge in [-0.05, 0) is 44.0 Å². The molecule has 0 radical (unpaired) electrons. The van der Waals surface area contributed by atoms with Gasteiger partial charge in [0, 0.05) is 13.2 Å². The van der Waals surface area contributed by atoms with Crippen LogP contribution in [0.5, 0.6) is 5.75 Å². The van der Waals surface area contributed by atoms with Crippen molar-refractivity contribution in [3.05, 3.63) is 29.6 Å². The van der Waals surface area contributed by atoms with E-state index in [4.69, 9.17) is 9.47 Å². The van der Waals surface area contributed by atoms with E-state index in [1.54, 1.807) is 13.2 Å². The minimum absolute atomic E-state index is 0.0929. The van der Waals surface area contributed by atoms with Gasteiger partial charge in [0.05, 0.1) is 13.2 Å². The highest BCUT2D eigenvalue weighted by Crippen LogP contribution is 2.25. The molecular formula is C15H24FNO2. The van der Waals surface area contributed by atoms with E-state index in [2.05, 4.69) is 12.2 Å². The highest BCUT2D eigenvalue weighted by molar-refractivity contribution is 5.31. The maximum atomic E-state index is 13.8. The van der Waals surface area contributed by atoms with Crippen LogP contribution in [0.25, 0.3) is 0 Å². The molecule has 0 aliphatic heterocycles. The molecule has 0 fully saturated rings. The van der Waals surface area contributed by atoms with E-state index in [1.807, 2.05) is 13.0 Å². The van der Waals surface area contributed by atoms with Crippen LogP contribution in [0.15, 0.2) is 18.2 Å². The zero-order chi connectivity index (χ0) is 14.3. The van der Waals surface area contributed by atoms with Gasteiger partial charge in [0.15, 0.2) is 11.6 Å². The zero-order valence-corrected chi connectivity index (χ0v) is 12.2. The van der Waals surface area contributed by atoms with Gasteiger partial charge in [-0.3, -0.25) is 0 Å². The first-order valence-corrected chi connectivity index (χ1v) is 6.72. The molecule has 0 saturated carbocycles. The van der Waals surface area contributed by atoms with E-state index in [9.17, 15) is 4.39 Å². The molecule has 1 N–H and O–H groups in total. The van der Waals surface area contributed by atoms with Gasteiger partial charge in [-0.25, -0.2) is 4.39 Å². The second-order valence-electron chi connectivity index (χ2n) is 4.68. The third-order valence-corrected chi connectivity index (χ3v) is 3.19. The fourth-order valence-corrected chi connectivity index (χ4v) is 1.98. The summed E-state index contributed by atoms with van der Waals surface area (Å²) in [5, 5.41) is 3.43. The lowest BCUT2D eigenvalue weighted by Crippen LogP contribution is -2.26. The van der Waals surface area contributed by atoms with Gasteiger partial charge in [0.25, 0.3) is 0 Å². The highest BCUT2D eigenvalue weighted by atomic mass is 19.1. The summed E-state index contributed by atoms with van der Waals surface area (Å²) in [7, 11) is 3.16. The van der Waals surface area contributed by atoms with Crippen LogP contribution in [-0.2, 0) is 4.74 Å². The molecule has 2 unspecified atom stereocenters. The number of hydrogen-bond donors (Lipinski definition) is 1. The SMILES string of the molecule is CCCNC(CC(C)OC)c1ccc(OC)c(F)c1. The van der Waals surface area contributed by atoms with Crippen molar-refractivity contribution in [3.8, 4) is 5.75 Å². The summed E-state index contributed by atoms with van der Waals surface area (Å²) in [5.41, 5.74) is 0.927. The van der Waals surface area contributed by atoms with E-state index in [-0.39, 0.29) is 23.7 Å². The second kappa shape index (κ2) is 8.12. The molecule has 0 aromatic heterocycles. The lowest BCUT2D eigenvalue weighted by Gasteiger charge is -2.22. The molecule has 2 atom stereocenters. The first-order chi connectivity index (χ1) is 9.12. The maximum Gasteiger partial charge on any atom is 0.165 e. The molecule has 108 valence electrons. The fourth-order valence-electron chi connectivity index (χ4n) is 1.98. The monoisotopic (exact) mass is 269 g/mol. The smallest absolute Gasteiger partial charge is 0.165 e. The molecule has 1 rings (SSSR count). The van der Waals surface area contributed by atoms with Crippen molar-refractivity contribution in [1.82, 2.24) is 5.32 Å². The van der Waals surface area contributed by atoms with Crippen LogP contribution in [0.3, 0.4) is 0 Å². The molecule has 0 heterocycles. The van der Waals surface area contributed by atoms with Crippen molar-refractivity contribution in [2.45, 2.75) is 38.8 Å². The van der Waals surface area contributed by atoms with Crippen LogP contribution >= 0.6 is 0 Å². The van der Waals surface area contributed by atoms with Gasteiger partial charge in [-0.15, -0.1) is 0 Å². The average Bonchev–Trinajstić information content (AvgIpc) is 2.43. The van der Waals surface area contributed by atoms with Gasteiger partial charge in [-0.1, -0.05) is 13.0 Å². The van der Waals surface area contributed by atoms with Crippen molar-refractivity contribution in [1.29, 1.82) is 0 Å². The molecule has 19 heavy (non-hydrogen) atoms. The molecule has 0 saturated heterocycles. The predicted octanol–water partition coefficient (Wildman–Crippen LogP) is 3.30. The molecule has 0 bridgehead atoms. The minimum atomic E-state index is -0.326. The van der Waals surface area contributed by atoms with Gasteiger partial charge >= 0.3 is 0 Å². The van der Waals surface area contributed by atoms with Gasteiger partial charge in [0.1, 0.15) is 0 Å². The molecule has 1 aromatic carbocycles. The first kappa shape index (κ1) is 15.9. The van der Waals surface area contributed by atoms with Gasteiger partial charge in [-0.2, -0.15) is 0 Å². The second-order valence-corrected chi connectivity index (χ2v) is 4.68. The topological polar surface area (TPSA) is 30.5 Å². The lowest BCUT2D eigenvalue weighted by molar-refractivity contribution is 0.100. The molecule has 0 spiro atoms. The van der Waals surface area contributed by atoms with Crippen molar-refractivity contribution in [2.75, 3.05) is 20.8 Å². The summed E-state index contributed by atoms with van der Waals surface area (Å²) in [6, 6.07) is 5.20. The zero-order valence-electron chi connectivity index (χ0n) is 12.2. The standard InChI is InChI=1S/C15H24FNO2/c1-5-8-17-14(9-11(2)18-3)12-6-7-15(19-4)13(16)10-12/h6-7,10-11,14,17H,5,8-9H2,1-4H3. The molecule has 1 aromatic rings. The number of hydrogen-bond acceptors (Lipinski definition) is 3. The summed E-state index contributed by atoms with van der Waals surface area (Å²) >= 11 is 0.